The summed E-state index contributed by atoms with van der Waals surface area (Å²) in [6, 6.07) is 5.88. The minimum Gasteiger partial charge on any atom is -0.480 e. The fourth-order valence-electron chi connectivity index (χ4n) is 3.20. The summed E-state index contributed by atoms with van der Waals surface area (Å²) in [7, 11) is 0. The van der Waals surface area contributed by atoms with Gasteiger partial charge in [-0.05, 0) is 25.5 Å². The van der Waals surface area contributed by atoms with Crippen LogP contribution in [0.4, 0.5) is 4.79 Å². The molecule has 1 amide bonds. The number of amides is 1. The van der Waals surface area contributed by atoms with Gasteiger partial charge in [-0.25, -0.2) is 9.59 Å². The van der Waals surface area contributed by atoms with E-state index in [1.165, 1.54) is 0 Å². The molecule has 0 spiro atoms. The first kappa shape index (κ1) is 19.7. The molecule has 1 fully saturated rings. The number of hydrogen-bond acceptors (Lipinski definition) is 5. The van der Waals surface area contributed by atoms with Crippen LogP contribution in [0.1, 0.15) is 18.9 Å². The maximum Gasteiger partial charge on any atom is 0.408 e. The van der Waals surface area contributed by atoms with Gasteiger partial charge in [0.25, 0.3) is 0 Å². The molecule has 7 nitrogen and oxygen atoms in total. The number of rotatable bonds is 5. The van der Waals surface area contributed by atoms with E-state index in [0.29, 0.717) is 5.75 Å². The lowest BCUT2D eigenvalue weighted by Crippen LogP contribution is -2.48. The van der Waals surface area contributed by atoms with Crippen LogP contribution in [0.5, 0.6) is 5.75 Å². The number of allylic oxidation sites excluding steroid dienone is 1. The van der Waals surface area contributed by atoms with Crippen LogP contribution in [0, 0.1) is 12.3 Å². The Labute approximate surface area is 156 Å². The minimum atomic E-state index is -1.33. The van der Waals surface area contributed by atoms with Gasteiger partial charge in [-0.3, -0.25) is 4.90 Å². The second kappa shape index (κ2) is 7.74. The fraction of sp³-hybridized carbons (Fsp3) is 0.389. The van der Waals surface area contributed by atoms with Crippen molar-refractivity contribution in [3.63, 3.8) is 0 Å². The third kappa shape index (κ3) is 3.96. The Morgan fingerprint density at radius 3 is 2.50 bits per heavy atom. The Kier molecular flexibility index (Phi) is 5.86. The Morgan fingerprint density at radius 2 is 2.00 bits per heavy atom. The average molecular weight is 379 g/mol. The summed E-state index contributed by atoms with van der Waals surface area (Å²) in [5, 5.41) is 18.7. The Bertz CT molecular complexity index is 719. The highest BCUT2D eigenvalue weighted by Gasteiger charge is 2.57. The predicted octanol–water partition coefficient (Wildman–Crippen LogP) is 3.07. The highest BCUT2D eigenvalue weighted by molar-refractivity contribution is 7.79. The van der Waals surface area contributed by atoms with Crippen LogP contribution < -0.4 is 4.74 Å². The molecule has 3 atom stereocenters. The lowest BCUT2D eigenvalue weighted by atomic mass is 9.77. The number of benzene rings is 1. The Hall–Kier alpha value is -2.61. The molecule has 0 saturated carbocycles. The summed E-state index contributed by atoms with van der Waals surface area (Å²) < 4.78 is 11.1. The van der Waals surface area contributed by atoms with Crippen molar-refractivity contribution in [2.45, 2.75) is 32.4 Å². The van der Waals surface area contributed by atoms with Crippen molar-refractivity contribution >= 4 is 29.5 Å². The van der Waals surface area contributed by atoms with Crippen LogP contribution in [0.15, 0.2) is 36.9 Å². The summed E-state index contributed by atoms with van der Waals surface area (Å²) in [6.07, 6.45) is -0.326. The largest absolute Gasteiger partial charge is 0.480 e. The minimum absolute atomic E-state index is 0.131. The van der Waals surface area contributed by atoms with E-state index < -0.39 is 29.6 Å². The van der Waals surface area contributed by atoms with E-state index in [9.17, 15) is 19.8 Å². The number of likely N-dealkylation sites (tertiary alicyclic amines) is 1. The lowest BCUT2D eigenvalue weighted by Gasteiger charge is -2.33. The molecule has 2 N–H and O–H groups in total. The standard InChI is InChI=1S/C18H21NO6S/c1-4-9-18(3)13(10-19(16(22)23)14(18)15(20)21)25-17(26)24-12-7-5-11(2)6-8-12/h4-8,13-14H,1,9-10H2,2-3H3,(H,20,21)(H,22,23)/t13-,14-,18-/m1/s1. The molecule has 26 heavy (non-hydrogen) atoms. The molecule has 8 heteroatoms. The van der Waals surface area contributed by atoms with E-state index in [2.05, 4.69) is 6.58 Å². The van der Waals surface area contributed by atoms with Crippen molar-refractivity contribution in [1.29, 1.82) is 0 Å². The topological polar surface area (TPSA) is 96.3 Å². The molecular formula is C18H21NO6S. The fourth-order valence-corrected chi connectivity index (χ4v) is 3.41. The molecule has 1 heterocycles. The first-order valence-electron chi connectivity index (χ1n) is 7.97. The normalized spacial score (nSPS) is 24.8. The third-order valence-electron chi connectivity index (χ3n) is 4.56. The van der Waals surface area contributed by atoms with Gasteiger partial charge < -0.3 is 19.7 Å². The number of carboxylic acid groups (broad SMARTS) is 2. The molecule has 1 aliphatic heterocycles. The molecule has 1 saturated heterocycles. The van der Waals surface area contributed by atoms with Gasteiger partial charge in [-0.1, -0.05) is 30.7 Å². The molecule has 0 aromatic heterocycles. The monoisotopic (exact) mass is 379 g/mol. The molecule has 2 rings (SSSR count). The van der Waals surface area contributed by atoms with Crippen molar-refractivity contribution in [2.24, 2.45) is 5.41 Å². The molecule has 0 radical (unpaired) electrons. The van der Waals surface area contributed by atoms with Gasteiger partial charge in [-0.15, -0.1) is 6.58 Å². The van der Waals surface area contributed by atoms with Crippen molar-refractivity contribution < 1.29 is 29.3 Å². The maximum atomic E-state index is 11.7. The zero-order chi connectivity index (χ0) is 19.5. The first-order valence-corrected chi connectivity index (χ1v) is 8.38. The van der Waals surface area contributed by atoms with Crippen molar-refractivity contribution in [3.05, 3.63) is 42.5 Å². The summed E-state index contributed by atoms with van der Waals surface area (Å²) in [4.78, 5) is 24.0. The van der Waals surface area contributed by atoms with Gasteiger partial charge in [0, 0.05) is 17.6 Å². The summed E-state index contributed by atoms with van der Waals surface area (Å²) >= 11 is 5.12. The van der Waals surface area contributed by atoms with Gasteiger partial charge in [-0.2, -0.15) is 0 Å². The Balaban J connectivity index is 2.21. The SMILES string of the molecule is C=CC[C@]1(C)[C@H](OC(=S)Oc2ccc(C)cc2)CN(C(=O)O)[C@@H]1C(=O)O. The summed E-state index contributed by atoms with van der Waals surface area (Å²) in [5.74, 6) is -0.762. The molecule has 0 bridgehead atoms. The predicted molar refractivity (Wildman–Crippen MR) is 98.4 cm³/mol. The number of thiocarbonyl (C=S) groups is 1. The second-order valence-electron chi connectivity index (χ2n) is 6.45. The van der Waals surface area contributed by atoms with Gasteiger partial charge >= 0.3 is 17.3 Å². The van der Waals surface area contributed by atoms with Crippen LogP contribution in [0.25, 0.3) is 0 Å². The molecule has 140 valence electrons. The molecular weight excluding hydrogens is 358 g/mol. The van der Waals surface area contributed by atoms with Gasteiger partial charge in [0.2, 0.25) is 0 Å². The number of carbonyl (C=O) groups is 2. The van der Waals surface area contributed by atoms with Crippen LogP contribution in [-0.2, 0) is 9.53 Å². The van der Waals surface area contributed by atoms with E-state index in [0.717, 1.165) is 10.5 Å². The number of aryl methyl sites for hydroxylation is 1. The molecule has 1 aromatic rings. The molecule has 1 aromatic carbocycles. The van der Waals surface area contributed by atoms with Crippen molar-refractivity contribution in [1.82, 2.24) is 4.90 Å². The number of aliphatic carboxylic acids is 1. The molecule has 1 aliphatic rings. The zero-order valence-electron chi connectivity index (χ0n) is 14.5. The van der Waals surface area contributed by atoms with Crippen LogP contribution >= 0.6 is 12.2 Å². The third-order valence-corrected chi connectivity index (χ3v) is 4.74. The Morgan fingerprint density at radius 1 is 1.38 bits per heavy atom. The zero-order valence-corrected chi connectivity index (χ0v) is 15.4. The molecule has 0 unspecified atom stereocenters. The van der Waals surface area contributed by atoms with E-state index in [4.69, 9.17) is 21.7 Å². The van der Waals surface area contributed by atoms with Crippen LogP contribution in [0.3, 0.4) is 0 Å². The number of ether oxygens (including phenoxy) is 2. The van der Waals surface area contributed by atoms with E-state index in [1.807, 2.05) is 19.1 Å². The smallest absolute Gasteiger partial charge is 0.408 e. The van der Waals surface area contributed by atoms with Gasteiger partial charge in [0.05, 0.1) is 6.54 Å². The van der Waals surface area contributed by atoms with Crippen LogP contribution in [0.2, 0.25) is 0 Å². The van der Waals surface area contributed by atoms with Crippen LogP contribution in [-0.4, -0.2) is 51.1 Å². The van der Waals surface area contributed by atoms with Crippen molar-refractivity contribution in [3.8, 4) is 5.75 Å². The highest BCUT2D eigenvalue weighted by atomic mass is 32.1. The molecule has 0 aliphatic carbocycles. The van der Waals surface area contributed by atoms with Gasteiger partial charge in [0.15, 0.2) is 0 Å². The number of nitrogens with zero attached hydrogens (tertiary/aromatic N) is 1. The summed E-state index contributed by atoms with van der Waals surface area (Å²) in [5.41, 5.74) is 0.0204. The van der Waals surface area contributed by atoms with Gasteiger partial charge in [0.1, 0.15) is 17.9 Å². The second-order valence-corrected chi connectivity index (χ2v) is 6.78. The summed E-state index contributed by atoms with van der Waals surface area (Å²) in [6.45, 7) is 7.10. The number of hydrogen-bond donors (Lipinski definition) is 2. The number of carboxylic acids is 1. The van der Waals surface area contributed by atoms with Crippen molar-refractivity contribution in [2.75, 3.05) is 6.54 Å². The highest BCUT2D eigenvalue weighted by Crippen LogP contribution is 2.42. The van der Waals surface area contributed by atoms with E-state index >= 15 is 0 Å². The lowest BCUT2D eigenvalue weighted by molar-refractivity contribution is -0.145. The average Bonchev–Trinajstić information content (AvgIpc) is 2.83. The van der Waals surface area contributed by atoms with E-state index in [-0.39, 0.29) is 18.2 Å². The maximum absolute atomic E-state index is 11.7. The van der Waals surface area contributed by atoms with E-state index in [1.54, 1.807) is 25.1 Å². The quantitative estimate of drug-likeness (QED) is 0.599. The first-order chi connectivity index (χ1) is 12.2.